The SMILES string of the molecule is O=c1cc(O)nc(C2CCCCC2)n1-c1cccc(F)c1F. The molecule has 4 nitrogen and oxygen atoms in total. The first-order valence-corrected chi connectivity index (χ1v) is 7.35. The lowest BCUT2D eigenvalue weighted by Crippen LogP contribution is -2.26. The van der Waals surface area contributed by atoms with Crippen molar-refractivity contribution >= 4 is 0 Å². The number of aromatic hydroxyl groups is 1. The van der Waals surface area contributed by atoms with Crippen molar-refractivity contribution in [3.8, 4) is 11.6 Å². The third-order valence-corrected chi connectivity index (χ3v) is 4.07. The Hall–Kier alpha value is -2.24. The number of hydrogen-bond acceptors (Lipinski definition) is 3. The molecule has 1 saturated carbocycles. The van der Waals surface area contributed by atoms with Crippen molar-refractivity contribution in [2.45, 2.75) is 38.0 Å². The summed E-state index contributed by atoms with van der Waals surface area (Å²) < 4.78 is 28.7. The summed E-state index contributed by atoms with van der Waals surface area (Å²) in [6.45, 7) is 0. The van der Waals surface area contributed by atoms with Crippen molar-refractivity contribution in [1.82, 2.24) is 9.55 Å². The predicted octanol–water partition coefficient (Wildman–Crippen LogP) is 3.26. The lowest BCUT2D eigenvalue weighted by molar-refractivity contribution is 0.400. The van der Waals surface area contributed by atoms with E-state index in [0.717, 1.165) is 48.8 Å². The minimum Gasteiger partial charge on any atom is -0.493 e. The predicted molar refractivity (Wildman–Crippen MR) is 77.2 cm³/mol. The lowest BCUT2D eigenvalue weighted by Gasteiger charge is -2.24. The second-order valence-corrected chi connectivity index (χ2v) is 5.55. The lowest BCUT2D eigenvalue weighted by atomic mass is 9.88. The molecule has 1 aromatic carbocycles. The van der Waals surface area contributed by atoms with E-state index in [1.54, 1.807) is 0 Å². The largest absolute Gasteiger partial charge is 0.493 e. The van der Waals surface area contributed by atoms with Gasteiger partial charge in [0.15, 0.2) is 11.6 Å². The average Bonchev–Trinajstić information content (AvgIpc) is 2.51. The molecule has 0 radical (unpaired) electrons. The second-order valence-electron chi connectivity index (χ2n) is 5.55. The van der Waals surface area contributed by atoms with Crippen molar-refractivity contribution in [2.75, 3.05) is 0 Å². The Morgan fingerprint density at radius 1 is 1.18 bits per heavy atom. The number of benzene rings is 1. The molecule has 1 aliphatic rings. The van der Waals surface area contributed by atoms with E-state index in [4.69, 9.17) is 0 Å². The van der Waals surface area contributed by atoms with Gasteiger partial charge >= 0.3 is 0 Å². The number of nitrogens with zero attached hydrogens (tertiary/aromatic N) is 2. The fourth-order valence-electron chi connectivity index (χ4n) is 3.03. The van der Waals surface area contributed by atoms with Gasteiger partial charge in [0.25, 0.3) is 5.56 Å². The third-order valence-electron chi connectivity index (χ3n) is 4.07. The third kappa shape index (κ3) is 2.61. The molecule has 0 atom stereocenters. The Kier molecular flexibility index (Phi) is 3.92. The van der Waals surface area contributed by atoms with Crippen LogP contribution in [0.3, 0.4) is 0 Å². The number of aromatic nitrogens is 2. The fourth-order valence-corrected chi connectivity index (χ4v) is 3.03. The molecule has 2 aromatic rings. The average molecular weight is 306 g/mol. The Morgan fingerprint density at radius 2 is 1.91 bits per heavy atom. The highest BCUT2D eigenvalue weighted by atomic mass is 19.2. The van der Waals surface area contributed by atoms with E-state index in [1.165, 1.54) is 12.1 Å². The van der Waals surface area contributed by atoms with E-state index in [9.17, 15) is 18.7 Å². The summed E-state index contributed by atoms with van der Waals surface area (Å²) in [6.07, 6.45) is 4.71. The van der Waals surface area contributed by atoms with Crippen molar-refractivity contribution in [3.05, 3.63) is 52.1 Å². The maximum absolute atomic E-state index is 14.1. The molecule has 3 rings (SSSR count). The Bertz CT molecular complexity index is 752. The molecule has 0 spiro atoms. The van der Waals surface area contributed by atoms with Crippen molar-refractivity contribution in [2.24, 2.45) is 0 Å². The summed E-state index contributed by atoms with van der Waals surface area (Å²) in [5.41, 5.74) is -0.782. The molecule has 0 aliphatic heterocycles. The first-order valence-electron chi connectivity index (χ1n) is 7.35. The van der Waals surface area contributed by atoms with E-state index in [1.807, 2.05) is 0 Å². The zero-order valence-electron chi connectivity index (χ0n) is 11.9. The second kappa shape index (κ2) is 5.87. The van der Waals surface area contributed by atoms with Gasteiger partial charge in [-0.05, 0) is 25.0 Å². The first-order chi connectivity index (χ1) is 10.6. The minimum absolute atomic E-state index is 0.0452. The van der Waals surface area contributed by atoms with Crippen LogP contribution in [0.4, 0.5) is 8.78 Å². The molecule has 0 saturated heterocycles. The summed E-state index contributed by atoms with van der Waals surface area (Å²) in [6, 6.07) is 4.59. The summed E-state index contributed by atoms with van der Waals surface area (Å²) in [5.74, 6) is -2.25. The van der Waals surface area contributed by atoms with Crippen LogP contribution < -0.4 is 5.56 Å². The van der Waals surface area contributed by atoms with E-state index in [-0.39, 0.29) is 11.6 Å². The molecule has 0 amide bonds. The molecule has 1 aromatic heterocycles. The van der Waals surface area contributed by atoms with E-state index in [2.05, 4.69) is 4.98 Å². The number of halogens is 2. The van der Waals surface area contributed by atoms with Gasteiger partial charge in [-0.25, -0.2) is 8.78 Å². The fraction of sp³-hybridized carbons (Fsp3) is 0.375. The van der Waals surface area contributed by atoms with Crippen LogP contribution >= 0.6 is 0 Å². The quantitative estimate of drug-likeness (QED) is 0.926. The van der Waals surface area contributed by atoms with Crippen LogP contribution in [-0.4, -0.2) is 14.7 Å². The highest BCUT2D eigenvalue weighted by molar-refractivity contribution is 5.36. The van der Waals surface area contributed by atoms with Crippen LogP contribution in [0.15, 0.2) is 29.1 Å². The van der Waals surface area contributed by atoms with Gasteiger partial charge in [0.1, 0.15) is 5.82 Å². The summed E-state index contributed by atoms with van der Waals surface area (Å²) in [7, 11) is 0. The minimum atomic E-state index is -1.09. The smallest absolute Gasteiger partial charge is 0.262 e. The van der Waals surface area contributed by atoms with E-state index >= 15 is 0 Å². The van der Waals surface area contributed by atoms with Crippen molar-refractivity contribution in [1.29, 1.82) is 0 Å². The van der Waals surface area contributed by atoms with Gasteiger partial charge in [0.2, 0.25) is 5.88 Å². The molecule has 1 fully saturated rings. The topological polar surface area (TPSA) is 55.1 Å². The van der Waals surface area contributed by atoms with Gasteiger partial charge in [-0.3, -0.25) is 9.36 Å². The Labute approximate surface area is 126 Å². The van der Waals surface area contributed by atoms with Crippen LogP contribution in [-0.2, 0) is 0 Å². The van der Waals surface area contributed by atoms with Gasteiger partial charge in [-0.15, -0.1) is 0 Å². The van der Waals surface area contributed by atoms with Crippen molar-refractivity contribution < 1.29 is 13.9 Å². The van der Waals surface area contributed by atoms with Crippen molar-refractivity contribution in [3.63, 3.8) is 0 Å². The number of rotatable bonds is 2. The zero-order chi connectivity index (χ0) is 15.7. The molecule has 1 N–H and O–H groups in total. The van der Waals surface area contributed by atoms with Gasteiger partial charge in [-0.1, -0.05) is 25.3 Å². The molecule has 1 aliphatic carbocycles. The molecule has 116 valence electrons. The maximum atomic E-state index is 14.1. The van der Waals surface area contributed by atoms with Crippen LogP contribution in [0, 0.1) is 11.6 Å². The van der Waals surface area contributed by atoms with Gasteiger partial charge < -0.3 is 5.11 Å². The normalized spacial score (nSPS) is 15.9. The van der Waals surface area contributed by atoms with E-state index < -0.39 is 23.1 Å². The van der Waals surface area contributed by atoms with Gasteiger partial charge in [0, 0.05) is 5.92 Å². The first kappa shape index (κ1) is 14.7. The van der Waals surface area contributed by atoms with Crippen LogP contribution in [0.2, 0.25) is 0 Å². The van der Waals surface area contributed by atoms with Crippen LogP contribution in [0.5, 0.6) is 5.88 Å². The summed E-state index contributed by atoms with van der Waals surface area (Å²) >= 11 is 0. The Morgan fingerprint density at radius 3 is 2.64 bits per heavy atom. The number of hydrogen-bond donors (Lipinski definition) is 1. The zero-order valence-corrected chi connectivity index (χ0v) is 11.9. The van der Waals surface area contributed by atoms with Gasteiger partial charge in [0.05, 0.1) is 11.8 Å². The molecule has 1 heterocycles. The van der Waals surface area contributed by atoms with Crippen LogP contribution in [0.25, 0.3) is 5.69 Å². The summed E-state index contributed by atoms with van der Waals surface area (Å²) in [4.78, 5) is 16.3. The highest BCUT2D eigenvalue weighted by Crippen LogP contribution is 2.33. The molecule has 22 heavy (non-hydrogen) atoms. The molecule has 0 bridgehead atoms. The van der Waals surface area contributed by atoms with Crippen LogP contribution in [0.1, 0.15) is 43.8 Å². The van der Waals surface area contributed by atoms with E-state index in [0.29, 0.717) is 5.82 Å². The van der Waals surface area contributed by atoms with Gasteiger partial charge in [-0.2, -0.15) is 4.98 Å². The molecule has 6 heteroatoms. The maximum Gasteiger partial charge on any atom is 0.262 e. The summed E-state index contributed by atoms with van der Waals surface area (Å²) in [5, 5.41) is 9.63. The highest BCUT2D eigenvalue weighted by Gasteiger charge is 2.24. The monoisotopic (exact) mass is 306 g/mol. The Balaban J connectivity index is 2.21. The molecular weight excluding hydrogens is 290 g/mol. The standard InChI is InChI=1S/C16H16F2N2O2/c17-11-7-4-8-12(15(11)18)20-14(22)9-13(21)19-16(20)10-5-2-1-3-6-10/h4,7-10,21H,1-3,5-6H2. The molecular formula is C16H16F2N2O2. The molecule has 0 unspecified atom stereocenters.